The highest BCUT2D eigenvalue weighted by molar-refractivity contribution is 7.90. The molecule has 2 amide bonds. The van der Waals surface area contributed by atoms with Crippen LogP contribution in [0.1, 0.15) is 36.0 Å². The largest absolute Gasteiger partial charge is 0.352 e. The quantitative estimate of drug-likeness (QED) is 0.898. The number of benzene rings is 1. The molecule has 23 heavy (non-hydrogen) atoms. The highest BCUT2D eigenvalue weighted by Gasteiger charge is 2.43. The average molecular weight is 334 g/mol. The van der Waals surface area contributed by atoms with E-state index in [1.165, 1.54) is 18.6 Å². The lowest BCUT2D eigenvalue weighted by molar-refractivity contribution is -0.122. The van der Waals surface area contributed by atoms with Crippen LogP contribution in [-0.4, -0.2) is 37.1 Å². The number of rotatable bonds is 3. The van der Waals surface area contributed by atoms with E-state index in [4.69, 9.17) is 0 Å². The first kappa shape index (κ1) is 14.7. The van der Waals surface area contributed by atoms with Crippen molar-refractivity contribution < 1.29 is 18.0 Å². The molecule has 0 spiro atoms. The molecule has 3 atom stereocenters. The SMILES string of the molecule is O=C(CN1C(=O)c2ccccc2S1(=O)=O)N[C@H]1C[C@H]2CC[C@@H]1C2. The lowest BCUT2D eigenvalue weighted by Crippen LogP contribution is -2.45. The number of hydrogen-bond acceptors (Lipinski definition) is 4. The van der Waals surface area contributed by atoms with Crippen LogP contribution in [0.15, 0.2) is 29.2 Å². The number of sulfonamides is 1. The van der Waals surface area contributed by atoms with Gasteiger partial charge in [-0.25, -0.2) is 12.7 Å². The van der Waals surface area contributed by atoms with Crippen molar-refractivity contribution in [2.75, 3.05) is 6.54 Å². The fourth-order valence-electron chi connectivity index (χ4n) is 4.19. The van der Waals surface area contributed by atoms with Crippen LogP contribution >= 0.6 is 0 Å². The molecule has 3 aliphatic rings. The molecule has 0 saturated heterocycles. The van der Waals surface area contributed by atoms with Crippen LogP contribution in [-0.2, 0) is 14.8 Å². The molecular formula is C16H18N2O4S. The second-order valence-corrected chi connectivity index (χ2v) is 8.49. The molecule has 0 radical (unpaired) electrons. The third-order valence-electron chi connectivity index (χ3n) is 5.28. The van der Waals surface area contributed by atoms with Crippen LogP contribution in [0, 0.1) is 11.8 Å². The summed E-state index contributed by atoms with van der Waals surface area (Å²) in [4.78, 5) is 24.5. The van der Waals surface area contributed by atoms with Crippen molar-refractivity contribution in [3.05, 3.63) is 29.8 Å². The fraction of sp³-hybridized carbons (Fsp3) is 0.500. The summed E-state index contributed by atoms with van der Waals surface area (Å²) < 4.78 is 25.5. The Morgan fingerprint density at radius 2 is 2.00 bits per heavy atom. The summed E-state index contributed by atoms with van der Waals surface area (Å²) in [6.45, 7) is -0.441. The Bertz CT molecular complexity index is 789. The predicted octanol–water partition coefficient (Wildman–Crippen LogP) is 1.14. The van der Waals surface area contributed by atoms with Gasteiger partial charge in [-0.2, -0.15) is 0 Å². The van der Waals surface area contributed by atoms with Crippen molar-refractivity contribution in [3.8, 4) is 0 Å². The lowest BCUT2D eigenvalue weighted by Gasteiger charge is -2.24. The van der Waals surface area contributed by atoms with Gasteiger partial charge >= 0.3 is 0 Å². The van der Waals surface area contributed by atoms with Crippen molar-refractivity contribution >= 4 is 21.8 Å². The second-order valence-electron chi connectivity index (χ2n) is 6.66. The van der Waals surface area contributed by atoms with Crippen molar-refractivity contribution in [1.29, 1.82) is 0 Å². The smallest absolute Gasteiger partial charge is 0.269 e. The van der Waals surface area contributed by atoms with E-state index in [9.17, 15) is 18.0 Å². The Balaban J connectivity index is 1.49. The zero-order chi connectivity index (χ0) is 16.2. The summed E-state index contributed by atoms with van der Waals surface area (Å²) in [5.74, 6) is 0.176. The van der Waals surface area contributed by atoms with E-state index in [1.54, 1.807) is 12.1 Å². The van der Waals surface area contributed by atoms with E-state index >= 15 is 0 Å². The average Bonchev–Trinajstić information content (AvgIpc) is 3.18. The molecule has 2 bridgehead atoms. The van der Waals surface area contributed by atoms with E-state index in [1.807, 2.05) is 0 Å². The van der Waals surface area contributed by atoms with Gasteiger partial charge in [-0.3, -0.25) is 9.59 Å². The molecule has 2 fully saturated rings. The molecule has 2 aliphatic carbocycles. The highest BCUT2D eigenvalue weighted by atomic mass is 32.2. The maximum absolute atomic E-state index is 12.4. The van der Waals surface area contributed by atoms with Crippen LogP contribution in [0.25, 0.3) is 0 Å². The molecule has 0 unspecified atom stereocenters. The fourth-order valence-corrected chi connectivity index (χ4v) is 5.72. The Kier molecular flexibility index (Phi) is 3.23. The van der Waals surface area contributed by atoms with Gasteiger partial charge in [-0.1, -0.05) is 18.6 Å². The molecule has 122 valence electrons. The van der Waals surface area contributed by atoms with E-state index in [0.29, 0.717) is 16.1 Å². The first-order valence-electron chi connectivity index (χ1n) is 7.92. The molecular weight excluding hydrogens is 316 g/mol. The van der Waals surface area contributed by atoms with Gasteiger partial charge in [0.25, 0.3) is 15.9 Å². The number of amides is 2. The minimum atomic E-state index is -3.91. The monoisotopic (exact) mass is 334 g/mol. The van der Waals surface area contributed by atoms with Crippen molar-refractivity contribution in [3.63, 3.8) is 0 Å². The molecule has 2 saturated carbocycles. The second kappa shape index (κ2) is 5.06. The molecule has 1 N–H and O–H groups in total. The Labute approximate surface area is 134 Å². The molecule has 7 heteroatoms. The number of nitrogens with one attached hydrogen (secondary N) is 1. The highest BCUT2D eigenvalue weighted by Crippen LogP contribution is 2.44. The number of hydrogen-bond donors (Lipinski definition) is 1. The third kappa shape index (κ3) is 2.25. The van der Waals surface area contributed by atoms with Gasteiger partial charge in [0.15, 0.2) is 0 Å². The Morgan fingerprint density at radius 1 is 1.22 bits per heavy atom. The Morgan fingerprint density at radius 3 is 2.65 bits per heavy atom. The topological polar surface area (TPSA) is 83.6 Å². The van der Waals surface area contributed by atoms with Crippen LogP contribution in [0.2, 0.25) is 0 Å². The summed E-state index contributed by atoms with van der Waals surface area (Å²) in [5, 5.41) is 2.93. The maximum atomic E-state index is 12.4. The molecule has 4 rings (SSSR count). The minimum Gasteiger partial charge on any atom is -0.352 e. The summed E-state index contributed by atoms with van der Waals surface area (Å²) in [5.41, 5.74) is 0.139. The number of fused-ring (bicyclic) bond motifs is 3. The van der Waals surface area contributed by atoms with E-state index in [-0.39, 0.29) is 16.5 Å². The summed E-state index contributed by atoms with van der Waals surface area (Å²) >= 11 is 0. The minimum absolute atomic E-state index is 0.0160. The predicted molar refractivity (Wildman–Crippen MR) is 82.0 cm³/mol. The number of carbonyl (C=O) groups is 2. The lowest BCUT2D eigenvalue weighted by atomic mass is 9.95. The number of nitrogens with zero attached hydrogens (tertiary/aromatic N) is 1. The van der Waals surface area contributed by atoms with Gasteiger partial charge < -0.3 is 5.32 Å². The van der Waals surface area contributed by atoms with Crippen molar-refractivity contribution in [2.45, 2.75) is 36.6 Å². The van der Waals surface area contributed by atoms with Crippen molar-refractivity contribution in [1.82, 2.24) is 9.62 Å². The van der Waals surface area contributed by atoms with Crippen LogP contribution in [0.5, 0.6) is 0 Å². The zero-order valence-corrected chi connectivity index (χ0v) is 13.4. The molecule has 6 nitrogen and oxygen atoms in total. The molecule has 1 heterocycles. The third-order valence-corrected chi connectivity index (χ3v) is 7.07. The van der Waals surface area contributed by atoms with Crippen molar-refractivity contribution in [2.24, 2.45) is 11.8 Å². The van der Waals surface area contributed by atoms with Crippen LogP contribution in [0.3, 0.4) is 0 Å². The zero-order valence-electron chi connectivity index (χ0n) is 12.6. The molecule has 1 aliphatic heterocycles. The summed E-state index contributed by atoms with van der Waals surface area (Å²) in [6, 6.07) is 6.19. The van der Waals surface area contributed by atoms with Crippen LogP contribution < -0.4 is 5.32 Å². The first-order valence-corrected chi connectivity index (χ1v) is 9.36. The van der Waals surface area contributed by atoms with Gasteiger partial charge in [-0.15, -0.1) is 0 Å². The molecule has 1 aromatic rings. The van der Waals surface area contributed by atoms with Crippen LogP contribution in [0.4, 0.5) is 0 Å². The first-order chi connectivity index (χ1) is 11.0. The van der Waals surface area contributed by atoms with E-state index < -0.39 is 28.4 Å². The molecule has 0 aromatic heterocycles. The summed E-state index contributed by atoms with van der Waals surface area (Å²) in [6.07, 6.45) is 4.47. The maximum Gasteiger partial charge on any atom is 0.269 e. The van der Waals surface area contributed by atoms with Gasteiger partial charge in [0.1, 0.15) is 11.4 Å². The van der Waals surface area contributed by atoms with E-state index in [0.717, 1.165) is 19.3 Å². The normalized spacial score (nSPS) is 30.5. The standard InChI is InChI=1S/C16H18N2O4S/c19-15(17-13-8-10-5-6-11(13)7-10)9-18-16(20)12-3-1-2-4-14(12)23(18,21)22/h1-4,10-11,13H,5-9H2,(H,17,19)/t10-,11+,13-/m0/s1. The molecule has 1 aromatic carbocycles. The van der Waals surface area contributed by atoms with Gasteiger partial charge in [-0.05, 0) is 43.2 Å². The number of carbonyl (C=O) groups excluding carboxylic acids is 2. The van der Waals surface area contributed by atoms with Gasteiger partial charge in [0.2, 0.25) is 5.91 Å². The summed E-state index contributed by atoms with van der Waals surface area (Å²) in [7, 11) is -3.91. The Hall–Kier alpha value is -1.89. The van der Waals surface area contributed by atoms with E-state index in [2.05, 4.69) is 5.32 Å². The van der Waals surface area contributed by atoms with Gasteiger partial charge in [0, 0.05) is 6.04 Å². The van der Waals surface area contributed by atoms with Gasteiger partial charge in [0.05, 0.1) is 5.56 Å².